The van der Waals surface area contributed by atoms with Gasteiger partial charge in [0.2, 0.25) is 0 Å². The van der Waals surface area contributed by atoms with Gasteiger partial charge in [0.05, 0.1) is 20.3 Å². The quantitative estimate of drug-likeness (QED) is 0.831. The van der Waals surface area contributed by atoms with Gasteiger partial charge in [-0.25, -0.2) is 0 Å². The Morgan fingerprint density at radius 3 is 2.77 bits per heavy atom. The number of rotatable bonds is 4. The molecule has 0 radical (unpaired) electrons. The first-order valence-corrected chi connectivity index (χ1v) is 9.45. The second-order valence-corrected chi connectivity index (χ2v) is 6.93. The maximum absolute atomic E-state index is 5.88. The van der Waals surface area contributed by atoms with Crippen LogP contribution in [0.1, 0.15) is 42.9 Å². The molecule has 138 valence electrons. The molecule has 0 spiro atoms. The second kappa shape index (κ2) is 7.96. The predicted molar refractivity (Wildman–Crippen MR) is 99.8 cm³/mol. The molecule has 0 saturated carbocycles. The van der Waals surface area contributed by atoms with Crippen molar-refractivity contribution in [2.75, 3.05) is 26.9 Å². The van der Waals surface area contributed by atoms with Crippen LogP contribution in [0.25, 0.3) is 0 Å². The van der Waals surface area contributed by atoms with Crippen LogP contribution >= 0.6 is 0 Å². The van der Waals surface area contributed by atoms with Crippen LogP contribution in [0.4, 0.5) is 0 Å². The molecule has 0 N–H and O–H groups in total. The van der Waals surface area contributed by atoms with Crippen molar-refractivity contribution in [1.29, 1.82) is 0 Å². The van der Waals surface area contributed by atoms with E-state index < -0.39 is 0 Å². The Morgan fingerprint density at radius 1 is 1.15 bits per heavy atom. The molecule has 5 heteroatoms. The molecular formula is C21H26N2O3. The molecule has 1 unspecified atom stereocenters. The molecular weight excluding hydrogens is 328 g/mol. The van der Waals surface area contributed by atoms with E-state index in [1.165, 1.54) is 24.8 Å². The summed E-state index contributed by atoms with van der Waals surface area (Å²) in [5.74, 6) is 2.48. The van der Waals surface area contributed by atoms with Gasteiger partial charge >= 0.3 is 0 Å². The Kier molecular flexibility index (Phi) is 5.25. The smallest absolute Gasteiger partial charge is 0.164 e. The van der Waals surface area contributed by atoms with Crippen molar-refractivity contribution in [3.05, 3.63) is 47.8 Å². The highest BCUT2D eigenvalue weighted by Gasteiger charge is 2.26. The van der Waals surface area contributed by atoms with Gasteiger partial charge in [0, 0.05) is 43.0 Å². The van der Waals surface area contributed by atoms with Crippen molar-refractivity contribution < 1.29 is 14.2 Å². The summed E-state index contributed by atoms with van der Waals surface area (Å²) in [6.45, 7) is 3.29. The Hall–Kier alpha value is -2.27. The first-order chi connectivity index (χ1) is 12.8. The summed E-state index contributed by atoms with van der Waals surface area (Å²) in [7, 11) is 1.72. The van der Waals surface area contributed by atoms with Crippen LogP contribution in [0.3, 0.4) is 0 Å². The van der Waals surface area contributed by atoms with Crippen molar-refractivity contribution in [2.24, 2.45) is 0 Å². The third-order valence-electron chi connectivity index (χ3n) is 5.21. The standard InChI is InChI=1S/C21H26N2O3/c1-24-19-13-21-20(25-10-5-11-26-21)12-17(19)15-23-9-3-2-7-18(23)16-6-4-8-22-14-16/h4,6,8,12-14,18H,2-3,5,7,9-11,15H2,1H3. The van der Waals surface area contributed by atoms with Crippen LogP contribution in [0.5, 0.6) is 17.2 Å². The molecule has 0 bridgehead atoms. The SMILES string of the molecule is COc1cc2c(cc1CN1CCCCC1c1cccnc1)OCCCO2. The predicted octanol–water partition coefficient (Wildman–Crippen LogP) is 3.98. The monoisotopic (exact) mass is 354 g/mol. The van der Waals surface area contributed by atoms with Gasteiger partial charge in [0.1, 0.15) is 5.75 Å². The lowest BCUT2D eigenvalue weighted by Gasteiger charge is -2.36. The first-order valence-electron chi connectivity index (χ1n) is 9.45. The average Bonchev–Trinajstić information content (AvgIpc) is 2.93. The van der Waals surface area contributed by atoms with E-state index in [4.69, 9.17) is 14.2 Å². The summed E-state index contributed by atoms with van der Waals surface area (Å²) in [5.41, 5.74) is 2.44. The molecule has 26 heavy (non-hydrogen) atoms. The van der Waals surface area contributed by atoms with Crippen LogP contribution in [0, 0.1) is 0 Å². The maximum atomic E-state index is 5.88. The van der Waals surface area contributed by atoms with Crippen LogP contribution < -0.4 is 14.2 Å². The molecule has 1 saturated heterocycles. The minimum atomic E-state index is 0.401. The molecule has 1 atom stereocenters. The lowest BCUT2D eigenvalue weighted by molar-refractivity contribution is 0.138. The topological polar surface area (TPSA) is 43.8 Å². The summed E-state index contributed by atoms with van der Waals surface area (Å²) < 4.78 is 17.3. The summed E-state index contributed by atoms with van der Waals surface area (Å²) >= 11 is 0. The molecule has 2 aliphatic heterocycles. The highest BCUT2D eigenvalue weighted by molar-refractivity contribution is 5.51. The largest absolute Gasteiger partial charge is 0.496 e. The number of fused-ring (bicyclic) bond motifs is 1. The molecule has 0 amide bonds. The second-order valence-electron chi connectivity index (χ2n) is 6.93. The summed E-state index contributed by atoms with van der Waals surface area (Å²) in [6.07, 6.45) is 8.38. The summed E-state index contributed by atoms with van der Waals surface area (Å²) in [6, 6.07) is 8.67. The van der Waals surface area contributed by atoms with Gasteiger partial charge in [-0.15, -0.1) is 0 Å². The van der Waals surface area contributed by atoms with Crippen molar-refractivity contribution in [3.63, 3.8) is 0 Å². The number of piperidine rings is 1. The van der Waals surface area contributed by atoms with E-state index in [1.807, 2.05) is 24.5 Å². The fourth-order valence-electron chi connectivity index (χ4n) is 3.90. The van der Waals surface area contributed by atoms with Crippen LogP contribution in [-0.2, 0) is 6.54 Å². The van der Waals surface area contributed by atoms with E-state index in [2.05, 4.69) is 22.0 Å². The van der Waals surface area contributed by atoms with E-state index in [9.17, 15) is 0 Å². The van der Waals surface area contributed by atoms with Gasteiger partial charge in [-0.3, -0.25) is 9.88 Å². The minimum absolute atomic E-state index is 0.401. The Labute approximate surface area is 154 Å². The zero-order valence-electron chi connectivity index (χ0n) is 15.3. The first kappa shape index (κ1) is 17.2. The summed E-state index contributed by atoms with van der Waals surface area (Å²) in [5, 5.41) is 0. The fraction of sp³-hybridized carbons (Fsp3) is 0.476. The van der Waals surface area contributed by atoms with E-state index in [0.29, 0.717) is 19.3 Å². The highest BCUT2D eigenvalue weighted by Crippen LogP contribution is 2.39. The van der Waals surface area contributed by atoms with E-state index in [-0.39, 0.29) is 0 Å². The van der Waals surface area contributed by atoms with E-state index in [1.54, 1.807) is 7.11 Å². The third kappa shape index (κ3) is 3.63. The fourth-order valence-corrected chi connectivity index (χ4v) is 3.90. The average molecular weight is 354 g/mol. The normalized spacial score (nSPS) is 20.4. The van der Waals surface area contributed by atoms with Crippen molar-refractivity contribution >= 4 is 0 Å². The zero-order chi connectivity index (χ0) is 17.8. The molecule has 5 nitrogen and oxygen atoms in total. The Bertz CT molecular complexity index is 736. The molecule has 1 aromatic heterocycles. The van der Waals surface area contributed by atoms with E-state index >= 15 is 0 Å². The van der Waals surface area contributed by atoms with Crippen molar-refractivity contribution in [3.8, 4) is 17.2 Å². The van der Waals surface area contributed by atoms with Gasteiger partial charge < -0.3 is 14.2 Å². The number of hydrogen-bond acceptors (Lipinski definition) is 5. The Morgan fingerprint density at radius 2 is 2.00 bits per heavy atom. The van der Waals surface area contributed by atoms with Crippen molar-refractivity contribution in [2.45, 2.75) is 38.3 Å². The van der Waals surface area contributed by atoms with E-state index in [0.717, 1.165) is 42.3 Å². The number of pyridine rings is 1. The van der Waals surface area contributed by atoms with Crippen molar-refractivity contribution in [1.82, 2.24) is 9.88 Å². The van der Waals surface area contributed by atoms with Crippen LogP contribution in [0.2, 0.25) is 0 Å². The molecule has 3 heterocycles. The minimum Gasteiger partial charge on any atom is -0.496 e. The van der Waals surface area contributed by atoms with Gasteiger partial charge in [-0.05, 0) is 37.1 Å². The van der Waals surface area contributed by atoms with Crippen LogP contribution in [-0.4, -0.2) is 36.8 Å². The number of nitrogens with zero attached hydrogens (tertiary/aromatic N) is 2. The molecule has 4 rings (SSSR count). The maximum Gasteiger partial charge on any atom is 0.164 e. The number of ether oxygens (including phenoxy) is 3. The lowest BCUT2D eigenvalue weighted by Crippen LogP contribution is -2.33. The van der Waals surface area contributed by atoms with Crippen LogP contribution in [0.15, 0.2) is 36.7 Å². The third-order valence-corrected chi connectivity index (χ3v) is 5.21. The summed E-state index contributed by atoms with van der Waals surface area (Å²) in [4.78, 5) is 6.85. The lowest BCUT2D eigenvalue weighted by atomic mass is 9.95. The zero-order valence-corrected chi connectivity index (χ0v) is 15.3. The number of aromatic nitrogens is 1. The molecule has 2 aliphatic rings. The molecule has 1 aromatic carbocycles. The number of hydrogen-bond donors (Lipinski definition) is 0. The molecule has 0 aliphatic carbocycles. The van der Waals surface area contributed by atoms with Gasteiger partial charge in [-0.1, -0.05) is 12.5 Å². The number of likely N-dealkylation sites (tertiary alicyclic amines) is 1. The number of benzene rings is 1. The van der Waals surface area contributed by atoms with Gasteiger partial charge in [0.15, 0.2) is 11.5 Å². The molecule has 2 aromatic rings. The highest BCUT2D eigenvalue weighted by atomic mass is 16.5. The molecule has 1 fully saturated rings. The Balaban J connectivity index is 1.61. The van der Waals surface area contributed by atoms with Gasteiger partial charge in [-0.2, -0.15) is 0 Å². The van der Waals surface area contributed by atoms with Gasteiger partial charge in [0.25, 0.3) is 0 Å². The number of methoxy groups -OCH3 is 1.